The molecule has 0 saturated carbocycles. The van der Waals surface area contributed by atoms with E-state index in [4.69, 9.17) is 0 Å². The minimum Gasteiger partial charge on any atom is -0.358 e. The van der Waals surface area contributed by atoms with E-state index in [0.29, 0.717) is 6.54 Å². The number of amides is 1. The highest BCUT2D eigenvalue weighted by molar-refractivity contribution is 5.85. The van der Waals surface area contributed by atoms with E-state index in [1.807, 2.05) is 7.05 Å². The Labute approximate surface area is 110 Å². The first-order valence-corrected chi connectivity index (χ1v) is 5.22. The molecule has 0 aromatic carbocycles. The summed E-state index contributed by atoms with van der Waals surface area (Å²) in [5.74, 6) is -0.466. The number of aromatic nitrogens is 2. The Morgan fingerprint density at radius 3 is 2.83 bits per heavy atom. The molecule has 0 atom stereocenters. The van der Waals surface area contributed by atoms with E-state index < -0.39 is 4.92 Å². The number of nitrogens with one attached hydrogen (secondary N) is 2. The van der Waals surface area contributed by atoms with Crippen LogP contribution in [0, 0.1) is 10.1 Å². The normalized spacial score (nSPS) is 9.61. The van der Waals surface area contributed by atoms with Crippen LogP contribution in [0.2, 0.25) is 0 Å². The van der Waals surface area contributed by atoms with Gasteiger partial charge in [-0.3, -0.25) is 4.79 Å². The lowest BCUT2D eigenvalue weighted by Gasteiger charge is -2.03. The zero-order valence-electron chi connectivity index (χ0n) is 9.96. The molecule has 0 fully saturated rings. The summed E-state index contributed by atoms with van der Waals surface area (Å²) < 4.78 is 1.24. The second kappa shape index (κ2) is 8.43. The van der Waals surface area contributed by atoms with Gasteiger partial charge in [0.2, 0.25) is 5.91 Å². The Hall–Kier alpha value is -1.67. The van der Waals surface area contributed by atoms with Crippen LogP contribution in [0.5, 0.6) is 0 Å². The van der Waals surface area contributed by atoms with Crippen molar-refractivity contribution in [1.82, 2.24) is 20.4 Å². The molecule has 18 heavy (non-hydrogen) atoms. The zero-order valence-corrected chi connectivity index (χ0v) is 10.8. The first kappa shape index (κ1) is 16.3. The molecule has 0 aliphatic rings. The third-order valence-corrected chi connectivity index (χ3v) is 2.04. The maximum absolute atomic E-state index is 11.4. The highest BCUT2D eigenvalue weighted by Crippen LogP contribution is 2.04. The third kappa shape index (κ3) is 5.60. The van der Waals surface area contributed by atoms with Crippen molar-refractivity contribution in [2.75, 3.05) is 20.1 Å². The van der Waals surface area contributed by atoms with Gasteiger partial charge >= 0.3 is 5.82 Å². The second-order valence-electron chi connectivity index (χ2n) is 3.44. The Bertz CT molecular complexity index is 395. The van der Waals surface area contributed by atoms with E-state index in [1.54, 1.807) is 0 Å². The highest BCUT2D eigenvalue weighted by Gasteiger charge is 2.12. The van der Waals surface area contributed by atoms with E-state index in [1.165, 1.54) is 16.9 Å². The first-order valence-electron chi connectivity index (χ1n) is 5.22. The zero-order chi connectivity index (χ0) is 12.7. The number of carbonyl (C=O) groups excluding carboxylic acids is 1. The lowest BCUT2D eigenvalue weighted by molar-refractivity contribution is -0.389. The van der Waals surface area contributed by atoms with Crippen LogP contribution < -0.4 is 10.6 Å². The third-order valence-electron chi connectivity index (χ3n) is 2.04. The SMILES string of the molecule is CNCCCNC(=O)Cn1ccc([N+](=O)[O-])n1.Cl. The van der Waals surface area contributed by atoms with Gasteiger partial charge < -0.3 is 20.7 Å². The van der Waals surface area contributed by atoms with Gasteiger partial charge in [0.1, 0.15) is 6.54 Å². The molecule has 2 N–H and O–H groups in total. The number of carbonyl (C=O) groups is 1. The maximum atomic E-state index is 11.4. The molecule has 0 radical (unpaired) electrons. The van der Waals surface area contributed by atoms with Gasteiger partial charge in [0.15, 0.2) is 0 Å². The van der Waals surface area contributed by atoms with E-state index in [0.717, 1.165) is 13.0 Å². The molecule has 0 bridgehead atoms. The molecule has 1 aromatic heterocycles. The fraction of sp³-hybridized carbons (Fsp3) is 0.556. The van der Waals surface area contributed by atoms with Gasteiger partial charge in [-0.15, -0.1) is 12.4 Å². The van der Waals surface area contributed by atoms with E-state index in [-0.39, 0.29) is 30.7 Å². The molecular weight excluding hydrogens is 262 g/mol. The lowest BCUT2D eigenvalue weighted by atomic mass is 10.4. The maximum Gasteiger partial charge on any atom is 0.389 e. The smallest absolute Gasteiger partial charge is 0.358 e. The van der Waals surface area contributed by atoms with Crippen molar-refractivity contribution >= 4 is 24.1 Å². The molecule has 0 spiro atoms. The van der Waals surface area contributed by atoms with Crippen LogP contribution in [-0.4, -0.2) is 40.7 Å². The average molecular weight is 278 g/mol. The van der Waals surface area contributed by atoms with Crippen molar-refractivity contribution in [3.05, 3.63) is 22.4 Å². The summed E-state index contributed by atoms with van der Waals surface area (Å²) in [6.45, 7) is 1.39. The summed E-state index contributed by atoms with van der Waals surface area (Å²) in [5.41, 5.74) is 0. The molecule has 1 heterocycles. The van der Waals surface area contributed by atoms with Gasteiger partial charge in [0, 0.05) is 6.54 Å². The van der Waals surface area contributed by atoms with Gasteiger partial charge in [0.25, 0.3) is 0 Å². The minimum absolute atomic E-state index is 0. The fourth-order valence-electron chi connectivity index (χ4n) is 1.23. The van der Waals surface area contributed by atoms with Gasteiger partial charge in [-0.1, -0.05) is 0 Å². The van der Waals surface area contributed by atoms with E-state index in [9.17, 15) is 14.9 Å². The van der Waals surface area contributed by atoms with Crippen molar-refractivity contribution in [2.45, 2.75) is 13.0 Å². The summed E-state index contributed by atoms with van der Waals surface area (Å²) in [6.07, 6.45) is 2.24. The molecule has 1 amide bonds. The Morgan fingerprint density at radius 2 is 2.28 bits per heavy atom. The van der Waals surface area contributed by atoms with Crippen LogP contribution in [0.3, 0.4) is 0 Å². The number of halogens is 1. The molecule has 0 aliphatic carbocycles. The van der Waals surface area contributed by atoms with Crippen LogP contribution in [0.1, 0.15) is 6.42 Å². The lowest BCUT2D eigenvalue weighted by Crippen LogP contribution is -2.30. The second-order valence-corrected chi connectivity index (χ2v) is 3.44. The molecule has 0 aliphatic heterocycles. The molecule has 0 saturated heterocycles. The Kier molecular flexibility index (Phi) is 7.64. The van der Waals surface area contributed by atoms with Crippen molar-refractivity contribution in [1.29, 1.82) is 0 Å². The van der Waals surface area contributed by atoms with Crippen LogP contribution in [0.15, 0.2) is 12.3 Å². The van der Waals surface area contributed by atoms with Crippen LogP contribution >= 0.6 is 12.4 Å². The Morgan fingerprint density at radius 1 is 1.56 bits per heavy atom. The number of hydrogen-bond donors (Lipinski definition) is 2. The average Bonchev–Trinajstić information content (AvgIpc) is 2.73. The van der Waals surface area contributed by atoms with Crippen molar-refractivity contribution in [2.24, 2.45) is 0 Å². The molecule has 1 rings (SSSR count). The summed E-state index contributed by atoms with van der Waals surface area (Å²) >= 11 is 0. The first-order chi connectivity index (χ1) is 8.13. The van der Waals surface area contributed by atoms with Crippen molar-refractivity contribution in [3.63, 3.8) is 0 Å². The molecule has 1 aromatic rings. The molecule has 0 unspecified atom stereocenters. The summed E-state index contributed by atoms with van der Waals surface area (Å²) in [6, 6.07) is 1.26. The number of nitro groups is 1. The topological polar surface area (TPSA) is 102 Å². The number of rotatable bonds is 7. The predicted octanol–water partition coefficient (Wildman–Crippen LogP) is -0.0612. The molecule has 9 heteroatoms. The van der Waals surface area contributed by atoms with Gasteiger partial charge in [-0.2, -0.15) is 4.68 Å². The van der Waals surface area contributed by atoms with Crippen LogP contribution in [0.25, 0.3) is 0 Å². The van der Waals surface area contributed by atoms with Gasteiger partial charge in [-0.05, 0) is 24.9 Å². The summed E-state index contributed by atoms with van der Waals surface area (Å²) in [5, 5.41) is 19.7. The molecule has 8 nitrogen and oxygen atoms in total. The van der Waals surface area contributed by atoms with Gasteiger partial charge in [-0.25, -0.2) is 0 Å². The van der Waals surface area contributed by atoms with Crippen molar-refractivity contribution in [3.8, 4) is 0 Å². The molecular formula is C9H16ClN5O3. The fourth-order valence-corrected chi connectivity index (χ4v) is 1.23. The number of hydrogen-bond acceptors (Lipinski definition) is 5. The number of nitrogens with zero attached hydrogens (tertiary/aromatic N) is 3. The largest absolute Gasteiger partial charge is 0.389 e. The predicted molar refractivity (Wildman–Crippen MR) is 67.7 cm³/mol. The summed E-state index contributed by atoms with van der Waals surface area (Å²) in [7, 11) is 1.84. The Balaban J connectivity index is 0.00000289. The van der Waals surface area contributed by atoms with Crippen LogP contribution in [0.4, 0.5) is 5.82 Å². The van der Waals surface area contributed by atoms with Crippen molar-refractivity contribution < 1.29 is 9.72 Å². The quantitative estimate of drug-likeness (QED) is 0.413. The van der Waals surface area contributed by atoms with Crippen LogP contribution in [-0.2, 0) is 11.3 Å². The van der Waals surface area contributed by atoms with E-state index in [2.05, 4.69) is 15.7 Å². The minimum atomic E-state index is -0.596. The molecule has 102 valence electrons. The standard InChI is InChI=1S/C9H15N5O3.ClH/c1-10-4-2-5-11-9(15)7-13-6-3-8(12-13)14(16)17;/h3,6,10H,2,4-5,7H2,1H3,(H,11,15);1H. The monoisotopic (exact) mass is 277 g/mol. The van der Waals surface area contributed by atoms with E-state index >= 15 is 0 Å². The summed E-state index contributed by atoms with van der Waals surface area (Å²) in [4.78, 5) is 21.2. The highest BCUT2D eigenvalue weighted by atomic mass is 35.5. The van der Waals surface area contributed by atoms with Gasteiger partial charge in [0.05, 0.1) is 17.4 Å².